The van der Waals surface area contributed by atoms with Crippen LogP contribution in [0.2, 0.25) is 0 Å². The van der Waals surface area contributed by atoms with Gasteiger partial charge in [0.25, 0.3) is 0 Å². The molecule has 0 N–H and O–H groups in total. The van der Waals surface area contributed by atoms with Crippen LogP contribution in [0.5, 0.6) is 0 Å². The lowest BCUT2D eigenvalue weighted by Gasteiger charge is -2.16. The van der Waals surface area contributed by atoms with Gasteiger partial charge in [-0.15, -0.1) is 0 Å². The molecule has 0 aromatic rings. The molecule has 0 spiro atoms. The molecular weight excluding hydrogens is 396 g/mol. The van der Waals surface area contributed by atoms with E-state index in [1.165, 1.54) is 0 Å². The number of nitroso groups, excluding NO2 is 1. The highest BCUT2D eigenvalue weighted by Crippen LogP contribution is 2.75. The molecule has 2 fully saturated rings. The van der Waals surface area contributed by atoms with E-state index < -0.39 is 0 Å². The number of nitrogens with zero attached hydrogens (tertiary/aromatic N) is 1. The van der Waals surface area contributed by atoms with Gasteiger partial charge in [-0.2, -0.15) is 4.91 Å². The number of alkyl halides is 2. The third-order valence-corrected chi connectivity index (χ3v) is 9.02. The standard InChI is InChI=1S/C8H11I2NO2/c1-13-6-2-3-7(9)5(4-11-12)8(6,7)10/h5-6H,2-4H2,1H3/t5-,6+,7+,8+/m0/s1. The Balaban J connectivity index is 2.18. The molecule has 0 amide bonds. The zero-order chi connectivity index (χ0) is 9.69. The van der Waals surface area contributed by atoms with Crippen molar-refractivity contribution in [1.82, 2.24) is 0 Å². The molecule has 4 atom stereocenters. The fraction of sp³-hybridized carbons (Fsp3) is 1.00. The van der Waals surface area contributed by atoms with Gasteiger partial charge in [0.05, 0.1) is 16.1 Å². The van der Waals surface area contributed by atoms with Gasteiger partial charge in [-0.3, -0.25) is 0 Å². The molecule has 0 aromatic carbocycles. The minimum atomic E-state index is 0.175. The van der Waals surface area contributed by atoms with Gasteiger partial charge in [0.1, 0.15) is 0 Å². The largest absolute Gasteiger partial charge is 0.380 e. The molecule has 0 aliphatic heterocycles. The van der Waals surface area contributed by atoms with Crippen molar-refractivity contribution < 1.29 is 4.74 Å². The molecule has 74 valence electrons. The van der Waals surface area contributed by atoms with Crippen LogP contribution in [0, 0.1) is 10.8 Å². The fourth-order valence-electron chi connectivity index (χ4n) is 2.61. The van der Waals surface area contributed by atoms with Crippen molar-refractivity contribution in [2.45, 2.75) is 25.8 Å². The second kappa shape index (κ2) is 3.26. The van der Waals surface area contributed by atoms with E-state index in [0.717, 1.165) is 12.8 Å². The summed E-state index contributed by atoms with van der Waals surface area (Å²) < 4.78 is 5.91. The van der Waals surface area contributed by atoms with E-state index in [-0.39, 0.29) is 6.84 Å². The molecule has 2 saturated carbocycles. The van der Waals surface area contributed by atoms with Crippen molar-refractivity contribution in [2.24, 2.45) is 11.1 Å². The van der Waals surface area contributed by atoms with Crippen LogP contribution in [-0.2, 0) is 4.74 Å². The Labute approximate surface area is 105 Å². The van der Waals surface area contributed by atoms with Crippen molar-refractivity contribution in [1.29, 1.82) is 0 Å². The fourth-order valence-corrected chi connectivity index (χ4v) is 6.56. The average Bonchev–Trinajstić information content (AvgIpc) is 2.46. The summed E-state index contributed by atoms with van der Waals surface area (Å²) in [6.07, 6.45) is 2.60. The zero-order valence-corrected chi connectivity index (χ0v) is 11.6. The molecule has 2 aliphatic rings. The van der Waals surface area contributed by atoms with Crippen molar-refractivity contribution in [3.05, 3.63) is 4.91 Å². The summed E-state index contributed by atoms with van der Waals surface area (Å²) >= 11 is 4.97. The zero-order valence-electron chi connectivity index (χ0n) is 7.30. The van der Waals surface area contributed by atoms with Crippen molar-refractivity contribution in [3.63, 3.8) is 0 Å². The number of rotatable bonds is 3. The minimum absolute atomic E-state index is 0.175. The van der Waals surface area contributed by atoms with E-state index >= 15 is 0 Å². The Hall–Kier alpha value is 1.02. The number of halogens is 2. The first-order valence-corrected chi connectivity index (χ1v) is 6.46. The lowest BCUT2D eigenvalue weighted by Crippen LogP contribution is -2.25. The van der Waals surface area contributed by atoms with Gasteiger partial charge in [0.15, 0.2) is 0 Å². The second-order valence-corrected chi connectivity index (χ2v) is 7.47. The quantitative estimate of drug-likeness (QED) is 0.410. The molecule has 0 heterocycles. The lowest BCUT2D eigenvalue weighted by molar-refractivity contribution is 0.0985. The summed E-state index contributed by atoms with van der Waals surface area (Å²) in [5.74, 6) is 0.428. The van der Waals surface area contributed by atoms with Crippen LogP contribution in [0.3, 0.4) is 0 Å². The Morgan fingerprint density at radius 1 is 1.62 bits per heavy atom. The van der Waals surface area contributed by atoms with E-state index in [1.54, 1.807) is 7.11 Å². The van der Waals surface area contributed by atoms with E-state index in [2.05, 4.69) is 50.4 Å². The number of ether oxygens (including phenoxy) is 1. The number of methoxy groups -OCH3 is 1. The smallest absolute Gasteiger partial charge is 0.0866 e. The van der Waals surface area contributed by atoms with Gasteiger partial charge < -0.3 is 4.74 Å². The molecule has 0 bridgehead atoms. The molecule has 13 heavy (non-hydrogen) atoms. The Bertz CT molecular complexity index is 250. The predicted molar refractivity (Wildman–Crippen MR) is 67.7 cm³/mol. The van der Waals surface area contributed by atoms with Gasteiger partial charge in [-0.05, 0) is 12.8 Å². The van der Waals surface area contributed by atoms with E-state index in [1.807, 2.05) is 0 Å². The number of hydrogen-bond acceptors (Lipinski definition) is 3. The predicted octanol–water partition coefficient (Wildman–Crippen LogP) is 2.54. The van der Waals surface area contributed by atoms with Crippen LogP contribution < -0.4 is 0 Å². The maximum atomic E-state index is 10.3. The normalized spacial score (nSPS) is 53.2. The van der Waals surface area contributed by atoms with Gasteiger partial charge in [0, 0.05) is 16.4 Å². The van der Waals surface area contributed by atoms with Crippen molar-refractivity contribution in [3.8, 4) is 0 Å². The van der Waals surface area contributed by atoms with Crippen molar-refractivity contribution in [2.75, 3.05) is 13.7 Å². The van der Waals surface area contributed by atoms with Crippen LogP contribution in [0.15, 0.2) is 5.18 Å². The SMILES string of the molecule is CO[C@@H]1CC[C@@]2(I)[C@H](CN=O)[C@@]12I. The van der Waals surface area contributed by atoms with Gasteiger partial charge >= 0.3 is 0 Å². The van der Waals surface area contributed by atoms with E-state index in [9.17, 15) is 4.91 Å². The Morgan fingerprint density at radius 3 is 2.85 bits per heavy atom. The lowest BCUT2D eigenvalue weighted by atomic mass is 10.1. The van der Waals surface area contributed by atoms with Crippen LogP contribution in [-0.4, -0.2) is 26.6 Å². The maximum Gasteiger partial charge on any atom is 0.0866 e. The average molecular weight is 407 g/mol. The summed E-state index contributed by atoms with van der Waals surface area (Å²) in [4.78, 5) is 10.3. The highest BCUT2D eigenvalue weighted by molar-refractivity contribution is 14.1. The minimum Gasteiger partial charge on any atom is -0.380 e. The summed E-state index contributed by atoms with van der Waals surface area (Å²) in [5.41, 5.74) is 0. The van der Waals surface area contributed by atoms with Crippen LogP contribution >= 0.6 is 45.2 Å². The molecule has 0 radical (unpaired) electrons. The van der Waals surface area contributed by atoms with Crippen molar-refractivity contribution >= 4 is 45.2 Å². The molecule has 0 unspecified atom stereocenters. The summed E-state index contributed by atoms with van der Waals surface area (Å²) in [7, 11) is 1.76. The highest BCUT2D eigenvalue weighted by atomic mass is 127. The Kier molecular flexibility index (Phi) is 2.64. The third-order valence-electron chi connectivity index (χ3n) is 3.39. The first-order valence-electron chi connectivity index (χ1n) is 4.31. The second-order valence-electron chi connectivity index (χ2n) is 3.76. The molecular formula is C8H11I2NO2. The van der Waals surface area contributed by atoms with Gasteiger partial charge in [0.2, 0.25) is 0 Å². The first-order chi connectivity index (χ1) is 6.11. The Morgan fingerprint density at radius 2 is 2.31 bits per heavy atom. The van der Waals surface area contributed by atoms with E-state index in [0.29, 0.717) is 18.6 Å². The van der Waals surface area contributed by atoms with Crippen LogP contribution in [0.25, 0.3) is 0 Å². The number of fused-ring (bicyclic) bond motifs is 1. The summed E-state index contributed by atoms with van der Waals surface area (Å²) in [6.45, 7) is 0.450. The molecule has 3 nitrogen and oxygen atoms in total. The number of hydrogen-bond donors (Lipinski definition) is 0. The molecule has 2 aliphatic carbocycles. The monoisotopic (exact) mass is 407 g/mol. The van der Waals surface area contributed by atoms with Gasteiger partial charge in [-0.1, -0.05) is 50.4 Å². The maximum absolute atomic E-state index is 10.3. The van der Waals surface area contributed by atoms with Crippen LogP contribution in [0.4, 0.5) is 0 Å². The molecule has 5 heteroatoms. The molecule has 0 saturated heterocycles. The van der Waals surface area contributed by atoms with E-state index in [4.69, 9.17) is 4.74 Å². The summed E-state index contributed by atoms with van der Waals surface area (Å²) in [5, 5.41) is 3.02. The summed E-state index contributed by atoms with van der Waals surface area (Å²) in [6, 6.07) is 0. The highest BCUT2D eigenvalue weighted by Gasteiger charge is 2.80. The topological polar surface area (TPSA) is 38.7 Å². The molecule has 2 rings (SSSR count). The van der Waals surface area contributed by atoms with Crippen LogP contribution in [0.1, 0.15) is 12.8 Å². The van der Waals surface area contributed by atoms with Gasteiger partial charge in [-0.25, -0.2) is 0 Å². The first kappa shape index (κ1) is 10.5. The molecule has 0 aromatic heterocycles. The third kappa shape index (κ3) is 1.15.